The van der Waals surface area contributed by atoms with Crippen molar-refractivity contribution in [1.29, 1.82) is 0 Å². The predicted octanol–water partition coefficient (Wildman–Crippen LogP) is 2.13. The number of hydrogen-bond acceptors (Lipinski definition) is 4. The van der Waals surface area contributed by atoms with E-state index in [-0.39, 0.29) is 0 Å². The number of hydrogen-bond donors (Lipinski definition) is 1. The van der Waals surface area contributed by atoms with Gasteiger partial charge in [0.1, 0.15) is 0 Å². The molecule has 90 valence electrons. The van der Waals surface area contributed by atoms with Gasteiger partial charge in [-0.05, 0) is 31.7 Å². The van der Waals surface area contributed by atoms with Crippen LogP contribution in [0.1, 0.15) is 50.7 Å². The average Bonchev–Trinajstić information content (AvgIpc) is 2.76. The number of nitrogens with one attached hydrogen (secondary N) is 1. The quantitative estimate of drug-likeness (QED) is 0.849. The molecule has 1 saturated heterocycles. The third-order valence-electron chi connectivity index (χ3n) is 3.08. The molecule has 1 N–H and O–H groups in total. The molecule has 16 heavy (non-hydrogen) atoms. The Morgan fingerprint density at radius 3 is 3.06 bits per heavy atom. The zero-order valence-corrected chi connectivity index (χ0v) is 10.2. The smallest absolute Gasteiger partial charge is 0.226 e. The molecular weight excluding hydrogens is 202 g/mol. The second-order valence-corrected chi connectivity index (χ2v) is 5.02. The lowest BCUT2D eigenvalue weighted by Crippen LogP contribution is -2.28. The molecule has 0 amide bonds. The summed E-state index contributed by atoms with van der Waals surface area (Å²) in [4.78, 5) is 4.49. The predicted molar refractivity (Wildman–Crippen MR) is 62.3 cm³/mol. The SMILES string of the molecule is CC(C)CCc1nc(C2CCCNC2)no1. The van der Waals surface area contributed by atoms with E-state index in [0.29, 0.717) is 11.8 Å². The topological polar surface area (TPSA) is 51.0 Å². The zero-order chi connectivity index (χ0) is 11.4. The summed E-state index contributed by atoms with van der Waals surface area (Å²) >= 11 is 0. The van der Waals surface area contributed by atoms with E-state index in [1.165, 1.54) is 12.8 Å². The highest BCUT2D eigenvalue weighted by Gasteiger charge is 2.20. The fourth-order valence-corrected chi connectivity index (χ4v) is 2.02. The van der Waals surface area contributed by atoms with Crippen molar-refractivity contribution in [3.05, 3.63) is 11.7 Å². The molecule has 1 aromatic heterocycles. The molecule has 1 atom stereocenters. The number of aromatic nitrogens is 2. The highest BCUT2D eigenvalue weighted by atomic mass is 16.5. The standard InChI is InChI=1S/C12H21N3O/c1-9(2)5-6-11-14-12(15-16-11)10-4-3-7-13-8-10/h9-10,13H,3-8H2,1-2H3. The lowest BCUT2D eigenvalue weighted by atomic mass is 9.99. The van der Waals surface area contributed by atoms with E-state index < -0.39 is 0 Å². The normalized spacial score (nSPS) is 21.6. The Bertz CT molecular complexity index is 316. The van der Waals surface area contributed by atoms with Crippen molar-refractivity contribution in [3.63, 3.8) is 0 Å². The van der Waals surface area contributed by atoms with Crippen LogP contribution in [0.3, 0.4) is 0 Å². The maximum Gasteiger partial charge on any atom is 0.226 e. The van der Waals surface area contributed by atoms with Crippen molar-refractivity contribution in [2.45, 2.75) is 45.4 Å². The van der Waals surface area contributed by atoms with Crippen molar-refractivity contribution >= 4 is 0 Å². The molecule has 1 aromatic rings. The minimum absolute atomic E-state index is 0.449. The van der Waals surface area contributed by atoms with Gasteiger partial charge in [0, 0.05) is 18.9 Å². The van der Waals surface area contributed by atoms with Crippen LogP contribution in [0.25, 0.3) is 0 Å². The van der Waals surface area contributed by atoms with Crippen molar-refractivity contribution in [1.82, 2.24) is 15.5 Å². The zero-order valence-electron chi connectivity index (χ0n) is 10.2. The summed E-state index contributed by atoms with van der Waals surface area (Å²) in [5.41, 5.74) is 0. The molecule has 0 aliphatic carbocycles. The molecule has 4 heteroatoms. The minimum Gasteiger partial charge on any atom is -0.339 e. The second-order valence-electron chi connectivity index (χ2n) is 5.02. The maximum atomic E-state index is 5.28. The third-order valence-corrected chi connectivity index (χ3v) is 3.08. The highest BCUT2D eigenvalue weighted by molar-refractivity contribution is 4.98. The van der Waals surface area contributed by atoms with Gasteiger partial charge in [-0.1, -0.05) is 19.0 Å². The summed E-state index contributed by atoms with van der Waals surface area (Å²) in [5.74, 6) is 2.83. The van der Waals surface area contributed by atoms with Gasteiger partial charge in [-0.15, -0.1) is 0 Å². The Balaban J connectivity index is 1.90. The van der Waals surface area contributed by atoms with Crippen LogP contribution in [0.4, 0.5) is 0 Å². The van der Waals surface area contributed by atoms with Gasteiger partial charge in [0.2, 0.25) is 5.89 Å². The second kappa shape index (κ2) is 5.43. The van der Waals surface area contributed by atoms with Gasteiger partial charge in [-0.3, -0.25) is 0 Å². The Labute approximate surface area is 96.8 Å². The summed E-state index contributed by atoms with van der Waals surface area (Å²) in [6.45, 7) is 6.53. The van der Waals surface area contributed by atoms with Crippen LogP contribution >= 0.6 is 0 Å². The number of piperidine rings is 1. The molecule has 1 fully saturated rings. The number of rotatable bonds is 4. The first-order valence-electron chi connectivity index (χ1n) is 6.29. The van der Waals surface area contributed by atoms with Gasteiger partial charge < -0.3 is 9.84 Å². The summed E-state index contributed by atoms with van der Waals surface area (Å²) in [6, 6.07) is 0. The average molecular weight is 223 g/mol. The van der Waals surface area contributed by atoms with Crippen LogP contribution in [0, 0.1) is 5.92 Å². The molecule has 0 radical (unpaired) electrons. The van der Waals surface area contributed by atoms with Crippen LogP contribution in [-0.4, -0.2) is 23.2 Å². The Hall–Kier alpha value is -0.900. The molecule has 0 aromatic carbocycles. The summed E-state index contributed by atoms with van der Waals surface area (Å²) in [7, 11) is 0. The van der Waals surface area contributed by atoms with E-state index in [1.807, 2.05) is 0 Å². The Morgan fingerprint density at radius 1 is 1.50 bits per heavy atom. The van der Waals surface area contributed by atoms with Gasteiger partial charge in [0.25, 0.3) is 0 Å². The highest BCUT2D eigenvalue weighted by Crippen LogP contribution is 2.20. The fourth-order valence-electron chi connectivity index (χ4n) is 2.02. The molecule has 2 heterocycles. The van der Waals surface area contributed by atoms with Gasteiger partial charge in [0.05, 0.1) is 0 Å². The van der Waals surface area contributed by atoms with E-state index in [1.54, 1.807) is 0 Å². The molecule has 0 saturated carbocycles. The Kier molecular flexibility index (Phi) is 3.93. The van der Waals surface area contributed by atoms with Crippen molar-refractivity contribution < 1.29 is 4.52 Å². The monoisotopic (exact) mass is 223 g/mol. The third kappa shape index (κ3) is 3.04. The first-order chi connectivity index (χ1) is 7.75. The van der Waals surface area contributed by atoms with Crippen LogP contribution in [0.15, 0.2) is 4.52 Å². The lowest BCUT2D eigenvalue weighted by molar-refractivity contribution is 0.354. The Morgan fingerprint density at radius 2 is 2.38 bits per heavy atom. The minimum atomic E-state index is 0.449. The lowest BCUT2D eigenvalue weighted by Gasteiger charge is -2.19. The molecule has 2 rings (SSSR count). The van der Waals surface area contributed by atoms with Gasteiger partial charge in [-0.2, -0.15) is 4.98 Å². The number of aryl methyl sites for hydroxylation is 1. The van der Waals surface area contributed by atoms with E-state index in [9.17, 15) is 0 Å². The van der Waals surface area contributed by atoms with Gasteiger partial charge in [0.15, 0.2) is 5.82 Å². The van der Waals surface area contributed by atoms with Crippen LogP contribution in [0.2, 0.25) is 0 Å². The van der Waals surface area contributed by atoms with Crippen molar-refractivity contribution in [2.75, 3.05) is 13.1 Å². The van der Waals surface area contributed by atoms with Crippen LogP contribution in [0.5, 0.6) is 0 Å². The van der Waals surface area contributed by atoms with Gasteiger partial charge in [-0.25, -0.2) is 0 Å². The van der Waals surface area contributed by atoms with E-state index in [4.69, 9.17) is 4.52 Å². The van der Waals surface area contributed by atoms with E-state index >= 15 is 0 Å². The first-order valence-corrected chi connectivity index (χ1v) is 6.29. The largest absolute Gasteiger partial charge is 0.339 e. The summed E-state index contributed by atoms with van der Waals surface area (Å²) in [5, 5.41) is 7.46. The van der Waals surface area contributed by atoms with Crippen LogP contribution in [-0.2, 0) is 6.42 Å². The maximum absolute atomic E-state index is 5.28. The molecular formula is C12H21N3O. The molecule has 1 aliphatic heterocycles. The van der Waals surface area contributed by atoms with Crippen LogP contribution < -0.4 is 5.32 Å². The van der Waals surface area contributed by atoms with Crippen molar-refractivity contribution in [3.8, 4) is 0 Å². The number of nitrogens with zero attached hydrogens (tertiary/aromatic N) is 2. The summed E-state index contributed by atoms with van der Waals surface area (Å²) in [6.07, 6.45) is 4.41. The molecule has 1 unspecified atom stereocenters. The van der Waals surface area contributed by atoms with E-state index in [0.717, 1.165) is 37.6 Å². The molecule has 1 aliphatic rings. The summed E-state index contributed by atoms with van der Waals surface area (Å²) < 4.78 is 5.28. The molecule has 0 bridgehead atoms. The first kappa shape index (κ1) is 11.6. The van der Waals surface area contributed by atoms with E-state index in [2.05, 4.69) is 29.3 Å². The fraction of sp³-hybridized carbons (Fsp3) is 0.833. The molecule has 4 nitrogen and oxygen atoms in total. The van der Waals surface area contributed by atoms with Crippen molar-refractivity contribution in [2.24, 2.45) is 5.92 Å². The van der Waals surface area contributed by atoms with Gasteiger partial charge >= 0.3 is 0 Å². The molecule has 0 spiro atoms.